The fraction of sp³-hybridized carbons (Fsp3) is 0.629. The lowest BCUT2D eigenvalue weighted by Crippen LogP contribution is -2.64. The third kappa shape index (κ3) is 8.52. The minimum atomic E-state index is -3.49. The van der Waals surface area contributed by atoms with Gasteiger partial charge in [0.05, 0.1) is 28.6 Å². The molecule has 5 N–H and O–H groups in total. The number of aliphatic hydroxyl groups is 1. The van der Waals surface area contributed by atoms with E-state index in [1.165, 1.54) is 47.0 Å². The zero-order chi connectivity index (χ0) is 37.8. The molecule has 0 spiro atoms. The minimum Gasteiger partial charge on any atom is -0.384 e. The second-order valence-electron chi connectivity index (χ2n) is 14.6. The van der Waals surface area contributed by atoms with Crippen molar-refractivity contribution in [1.29, 1.82) is 0 Å². The van der Waals surface area contributed by atoms with E-state index in [0.717, 1.165) is 32.1 Å². The largest absolute Gasteiger partial charge is 0.384 e. The van der Waals surface area contributed by atoms with E-state index in [0.29, 0.717) is 12.1 Å². The van der Waals surface area contributed by atoms with Gasteiger partial charge in [-0.25, -0.2) is 13.1 Å². The number of amides is 4. The van der Waals surface area contributed by atoms with Crippen molar-refractivity contribution >= 4 is 39.2 Å². The molecule has 52 heavy (non-hydrogen) atoms. The fourth-order valence-corrected chi connectivity index (χ4v) is 8.40. The number of nitrogens with zero attached hydrogens (tertiary/aromatic N) is 4. The average molecular weight is 744 g/mol. The molecule has 0 bridgehead atoms. The SMILES string of the molecule is CCS(=O)(=O)c1ccc(C(=O)N[C@H](CC2CCCCC2)C(=O)N2CC(n3nncc3C(C)(C)O)CC2C(=O)NC2(C(=O)C(N)=O)CCOCC2)cc1. The van der Waals surface area contributed by atoms with Gasteiger partial charge in [0, 0.05) is 44.6 Å². The first-order valence-corrected chi connectivity index (χ1v) is 19.5. The van der Waals surface area contributed by atoms with E-state index in [1.54, 1.807) is 13.8 Å². The number of ether oxygens (including phenoxy) is 1. The molecule has 5 rings (SSSR count). The summed E-state index contributed by atoms with van der Waals surface area (Å²) in [6.45, 7) is 4.82. The molecule has 284 valence electrons. The van der Waals surface area contributed by atoms with Gasteiger partial charge in [-0.3, -0.25) is 24.0 Å². The lowest BCUT2D eigenvalue weighted by atomic mass is 9.84. The zero-order valence-corrected chi connectivity index (χ0v) is 30.7. The van der Waals surface area contributed by atoms with Crippen LogP contribution in [0.2, 0.25) is 0 Å². The molecule has 16 nitrogen and oxygen atoms in total. The van der Waals surface area contributed by atoms with Gasteiger partial charge in [0.25, 0.3) is 11.8 Å². The third-order valence-electron chi connectivity index (χ3n) is 10.5. The molecule has 1 aliphatic carbocycles. The predicted octanol–water partition coefficient (Wildman–Crippen LogP) is 0.930. The van der Waals surface area contributed by atoms with Gasteiger partial charge < -0.3 is 31.1 Å². The molecule has 1 aromatic heterocycles. The molecule has 17 heteroatoms. The van der Waals surface area contributed by atoms with Gasteiger partial charge in [0.15, 0.2) is 9.84 Å². The number of hydrogen-bond donors (Lipinski definition) is 4. The lowest BCUT2D eigenvalue weighted by molar-refractivity contribution is -0.147. The van der Waals surface area contributed by atoms with Crippen molar-refractivity contribution in [1.82, 2.24) is 30.5 Å². The van der Waals surface area contributed by atoms with E-state index in [-0.39, 0.29) is 61.2 Å². The Morgan fingerprint density at radius 1 is 1.08 bits per heavy atom. The number of sulfone groups is 1. The van der Waals surface area contributed by atoms with Crippen molar-refractivity contribution in [3.8, 4) is 0 Å². The van der Waals surface area contributed by atoms with Crippen molar-refractivity contribution in [3.05, 3.63) is 41.7 Å². The highest BCUT2D eigenvalue weighted by atomic mass is 32.2. The fourth-order valence-electron chi connectivity index (χ4n) is 7.52. The summed E-state index contributed by atoms with van der Waals surface area (Å²) in [6, 6.07) is 2.66. The molecule has 3 atom stereocenters. The van der Waals surface area contributed by atoms with Crippen molar-refractivity contribution < 1.29 is 42.2 Å². The molecular weight excluding hydrogens is 694 g/mol. The molecule has 1 saturated carbocycles. The topological polar surface area (TPSA) is 233 Å². The summed E-state index contributed by atoms with van der Waals surface area (Å²) < 4.78 is 31.6. The normalized spacial score (nSPS) is 21.7. The predicted molar refractivity (Wildman–Crippen MR) is 186 cm³/mol. The Labute approximate surface area is 303 Å². The number of primary amides is 1. The van der Waals surface area contributed by atoms with Crippen LogP contribution in [0.3, 0.4) is 0 Å². The monoisotopic (exact) mass is 743 g/mol. The average Bonchev–Trinajstić information content (AvgIpc) is 3.80. The van der Waals surface area contributed by atoms with E-state index in [9.17, 15) is 37.5 Å². The van der Waals surface area contributed by atoms with Crippen LogP contribution in [0.4, 0.5) is 0 Å². The van der Waals surface area contributed by atoms with Crippen LogP contribution in [0.25, 0.3) is 0 Å². The third-order valence-corrected chi connectivity index (χ3v) is 12.3. The van der Waals surface area contributed by atoms with Crippen LogP contribution in [0.15, 0.2) is 35.4 Å². The van der Waals surface area contributed by atoms with Gasteiger partial charge in [-0.15, -0.1) is 5.10 Å². The Balaban J connectivity index is 1.48. The van der Waals surface area contributed by atoms with Crippen molar-refractivity contribution in [3.63, 3.8) is 0 Å². The number of nitrogens with two attached hydrogens (primary N) is 1. The molecule has 3 fully saturated rings. The molecule has 3 heterocycles. The first-order chi connectivity index (χ1) is 24.6. The second kappa shape index (κ2) is 15.8. The van der Waals surface area contributed by atoms with Gasteiger partial charge in [0.2, 0.25) is 17.6 Å². The molecule has 2 aliphatic heterocycles. The number of aromatic nitrogens is 3. The highest BCUT2D eigenvalue weighted by Crippen LogP contribution is 2.34. The maximum atomic E-state index is 14.7. The van der Waals surface area contributed by atoms with Gasteiger partial charge in [-0.05, 0) is 50.5 Å². The van der Waals surface area contributed by atoms with Crippen LogP contribution in [0.5, 0.6) is 0 Å². The van der Waals surface area contributed by atoms with E-state index >= 15 is 0 Å². The van der Waals surface area contributed by atoms with E-state index in [1.807, 2.05) is 0 Å². The molecule has 0 radical (unpaired) electrons. The van der Waals surface area contributed by atoms with Gasteiger partial charge in [-0.1, -0.05) is 44.2 Å². The molecule has 1 aromatic carbocycles. The van der Waals surface area contributed by atoms with Gasteiger partial charge >= 0.3 is 0 Å². The maximum absolute atomic E-state index is 14.7. The standard InChI is InChI=1S/C35H49N7O9S/c1-4-52(49,50)25-12-10-23(11-13-25)31(45)38-26(18-22-8-6-5-7-9-22)33(47)41-21-24(42-28(20-37-40-42)34(2,3)48)19-27(41)32(46)39-35(29(43)30(36)44)14-16-51-17-15-35/h10-13,20,22,24,26-27,48H,4-9,14-19,21H2,1-3H3,(H2,36,44)(H,38,45)(H,39,46)/t24?,26-,27?/m1/s1. The molecule has 2 unspecified atom stereocenters. The Morgan fingerprint density at radius 3 is 2.33 bits per heavy atom. The first kappa shape index (κ1) is 39.0. The van der Waals surface area contributed by atoms with Crippen LogP contribution in [0.1, 0.15) is 101 Å². The highest BCUT2D eigenvalue weighted by Gasteiger charge is 2.49. The summed E-state index contributed by atoms with van der Waals surface area (Å²) in [5, 5.41) is 24.7. The van der Waals surface area contributed by atoms with Gasteiger partial charge in [0.1, 0.15) is 23.2 Å². The quantitative estimate of drug-likeness (QED) is 0.211. The number of rotatable bonds is 13. The smallest absolute Gasteiger partial charge is 0.287 e. The number of ketones is 1. The Bertz CT molecular complexity index is 1760. The van der Waals surface area contributed by atoms with Crippen molar-refractivity contribution in [2.24, 2.45) is 11.7 Å². The molecule has 3 aliphatic rings. The van der Waals surface area contributed by atoms with Crippen molar-refractivity contribution in [2.45, 2.75) is 113 Å². The van der Waals surface area contributed by atoms with Gasteiger partial charge in [-0.2, -0.15) is 0 Å². The number of carbonyl (C=O) groups excluding carboxylic acids is 5. The number of likely N-dealkylation sites (tertiary alicyclic amines) is 1. The number of hydrogen-bond acceptors (Lipinski definition) is 11. The Hall–Kier alpha value is -4.22. The Morgan fingerprint density at radius 2 is 1.73 bits per heavy atom. The summed E-state index contributed by atoms with van der Waals surface area (Å²) in [4.78, 5) is 69.3. The highest BCUT2D eigenvalue weighted by molar-refractivity contribution is 7.91. The zero-order valence-electron chi connectivity index (χ0n) is 29.9. The van der Waals surface area contributed by atoms with Crippen LogP contribution < -0.4 is 16.4 Å². The summed E-state index contributed by atoms with van der Waals surface area (Å²) in [5.74, 6) is -3.93. The number of carbonyl (C=O) groups is 5. The Kier molecular flexibility index (Phi) is 11.8. The van der Waals surface area contributed by atoms with Crippen LogP contribution >= 0.6 is 0 Å². The molecular formula is C35H49N7O9S. The van der Waals surface area contributed by atoms with Crippen LogP contribution in [0, 0.1) is 5.92 Å². The maximum Gasteiger partial charge on any atom is 0.287 e. The molecule has 4 amide bonds. The van der Waals surface area contributed by atoms with Crippen LogP contribution in [-0.4, -0.2) is 106 Å². The summed E-state index contributed by atoms with van der Waals surface area (Å²) in [7, 11) is -3.49. The molecule has 2 saturated heterocycles. The summed E-state index contributed by atoms with van der Waals surface area (Å²) in [5.41, 5.74) is 2.94. The number of benzene rings is 1. The van der Waals surface area contributed by atoms with E-state index < -0.39 is 68.5 Å². The lowest BCUT2D eigenvalue weighted by Gasteiger charge is -2.37. The first-order valence-electron chi connectivity index (χ1n) is 17.9. The summed E-state index contributed by atoms with van der Waals surface area (Å²) in [6.07, 6.45) is 6.52. The number of nitrogens with one attached hydrogen (secondary N) is 2. The van der Waals surface area contributed by atoms with E-state index in [2.05, 4.69) is 20.9 Å². The second-order valence-corrected chi connectivity index (χ2v) is 16.9. The molecule has 2 aromatic rings. The summed E-state index contributed by atoms with van der Waals surface area (Å²) >= 11 is 0. The van der Waals surface area contributed by atoms with Crippen molar-refractivity contribution in [2.75, 3.05) is 25.5 Å². The van der Waals surface area contributed by atoms with E-state index in [4.69, 9.17) is 10.5 Å². The minimum absolute atomic E-state index is 0.00917. The number of Topliss-reactive ketones (excluding diaryl/α,β-unsaturated/α-hetero) is 1. The van der Waals surface area contributed by atoms with Crippen LogP contribution in [-0.2, 0) is 39.4 Å².